The lowest BCUT2D eigenvalue weighted by atomic mass is 10.2. The first kappa shape index (κ1) is 19.7. The fourth-order valence-corrected chi connectivity index (χ4v) is 4.02. The van der Waals surface area contributed by atoms with Gasteiger partial charge in [-0.1, -0.05) is 12.1 Å². The molecule has 0 unspecified atom stereocenters. The van der Waals surface area contributed by atoms with Gasteiger partial charge in [0.25, 0.3) is 10.0 Å². The number of carbonyl (C=O) groups is 1. The van der Waals surface area contributed by atoms with Gasteiger partial charge < -0.3 is 14.8 Å². The Balaban J connectivity index is 1.62. The van der Waals surface area contributed by atoms with Crippen LogP contribution in [0.25, 0.3) is 0 Å². The molecule has 0 spiro atoms. The van der Waals surface area contributed by atoms with E-state index in [0.29, 0.717) is 29.4 Å². The largest absolute Gasteiger partial charge is 0.493 e. The van der Waals surface area contributed by atoms with Gasteiger partial charge in [-0.15, -0.1) is 0 Å². The first-order valence-corrected chi connectivity index (χ1v) is 10.2. The Kier molecular flexibility index (Phi) is 5.84. The van der Waals surface area contributed by atoms with Crippen LogP contribution in [0.5, 0.6) is 11.5 Å². The number of sulfonamides is 1. The number of amidine groups is 1. The van der Waals surface area contributed by atoms with Crippen molar-refractivity contribution in [3.05, 3.63) is 48.0 Å². The first-order chi connectivity index (χ1) is 13.4. The zero-order chi connectivity index (χ0) is 20.1. The maximum absolute atomic E-state index is 12.2. The maximum Gasteiger partial charge on any atom is 0.263 e. The van der Waals surface area contributed by atoms with Crippen LogP contribution in [-0.4, -0.2) is 40.4 Å². The summed E-state index contributed by atoms with van der Waals surface area (Å²) in [6, 6.07) is 11.7. The van der Waals surface area contributed by atoms with E-state index < -0.39 is 10.0 Å². The summed E-state index contributed by atoms with van der Waals surface area (Å²) >= 11 is 0. The number of amides is 1. The molecule has 9 heteroatoms. The normalized spacial score (nSPS) is 15.6. The quantitative estimate of drug-likeness (QED) is 0.737. The van der Waals surface area contributed by atoms with Crippen LogP contribution in [-0.2, 0) is 14.8 Å². The van der Waals surface area contributed by atoms with Crippen LogP contribution in [0.15, 0.2) is 52.4 Å². The lowest BCUT2D eigenvalue weighted by Gasteiger charge is -2.11. The van der Waals surface area contributed by atoms with Gasteiger partial charge in [0.05, 0.1) is 25.2 Å². The van der Waals surface area contributed by atoms with E-state index in [1.54, 1.807) is 36.4 Å². The Bertz CT molecular complexity index is 1020. The predicted molar refractivity (Wildman–Crippen MR) is 106 cm³/mol. The highest BCUT2D eigenvalue weighted by Gasteiger charge is 2.29. The third kappa shape index (κ3) is 4.25. The van der Waals surface area contributed by atoms with Crippen LogP contribution >= 0.6 is 0 Å². The Morgan fingerprint density at radius 3 is 2.71 bits per heavy atom. The van der Waals surface area contributed by atoms with Crippen molar-refractivity contribution in [2.24, 2.45) is 4.99 Å². The number of nitrogens with one attached hydrogen (secondary N) is 2. The van der Waals surface area contributed by atoms with Gasteiger partial charge >= 0.3 is 0 Å². The minimum atomic E-state index is -3.58. The van der Waals surface area contributed by atoms with E-state index in [4.69, 9.17) is 9.47 Å². The number of nitrogens with zero attached hydrogens (tertiary/aromatic N) is 1. The fourth-order valence-electron chi connectivity index (χ4n) is 2.76. The second-order valence-corrected chi connectivity index (χ2v) is 7.58. The number of carbonyl (C=O) groups excluding carboxylic acids is 1. The molecular weight excluding hydrogens is 382 g/mol. The van der Waals surface area contributed by atoms with Gasteiger partial charge in [-0.05, 0) is 31.2 Å². The van der Waals surface area contributed by atoms with Crippen molar-refractivity contribution in [1.29, 1.82) is 0 Å². The summed E-state index contributed by atoms with van der Waals surface area (Å²) in [5, 5.41) is 2.76. The lowest BCUT2D eigenvalue weighted by Crippen LogP contribution is -2.23. The summed E-state index contributed by atoms with van der Waals surface area (Å²) in [6.07, 6.45) is 0.100. The molecule has 0 aliphatic carbocycles. The second kappa shape index (κ2) is 8.30. The number of aliphatic imine (C=N–C) groups is 1. The van der Waals surface area contributed by atoms with Gasteiger partial charge in [-0.25, -0.2) is 8.42 Å². The van der Waals surface area contributed by atoms with Crippen molar-refractivity contribution in [3.8, 4) is 11.5 Å². The molecule has 148 valence electrons. The second-order valence-electron chi connectivity index (χ2n) is 5.93. The molecule has 1 aliphatic heterocycles. The summed E-state index contributed by atoms with van der Waals surface area (Å²) in [4.78, 5) is 16.6. The van der Waals surface area contributed by atoms with Crippen molar-refractivity contribution < 1.29 is 22.7 Å². The van der Waals surface area contributed by atoms with Gasteiger partial charge in [0.2, 0.25) is 5.91 Å². The molecule has 1 amide bonds. The van der Waals surface area contributed by atoms with E-state index in [-0.39, 0.29) is 29.6 Å². The van der Waals surface area contributed by atoms with Crippen molar-refractivity contribution in [1.82, 2.24) is 4.72 Å². The molecule has 0 aromatic heterocycles. The highest BCUT2D eigenvalue weighted by atomic mass is 32.2. The third-order valence-corrected chi connectivity index (χ3v) is 5.42. The average Bonchev–Trinajstić information content (AvgIpc) is 2.94. The van der Waals surface area contributed by atoms with E-state index in [1.807, 2.05) is 6.92 Å². The number of rotatable bonds is 7. The molecule has 3 rings (SSSR count). The molecule has 2 aromatic rings. The Labute approximate surface area is 163 Å². The van der Waals surface area contributed by atoms with Gasteiger partial charge in [-0.3, -0.25) is 14.5 Å². The minimum absolute atomic E-state index is 0.100. The molecule has 2 N–H and O–H groups in total. The van der Waals surface area contributed by atoms with Crippen molar-refractivity contribution in [2.75, 3.05) is 25.6 Å². The van der Waals surface area contributed by atoms with Crippen LogP contribution in [0.4, 0.5) is 5.69 Å². The van der Waals surface area contributed by atoms with Crippen LogP contribution < -0.4 is 19.5 Å². The molecule has 28 heavy (non-hydrogen) atoms. The number of benzene rings is 2. The van der Waals surface area contributed by atoms with Gasteiger partial charge in [0, 0.05) is 23.7 Å². The molecule has 0 saturated carbocycles. The molecule has 0 saturated heterocycles. The van der Waals surface area contributed by atoms with Crippen LogP contribution in [0.2, 0.25) is 0 Å². The Morgan fingerprint density at radius 1 is 1.18 bits per heavy atom. The Hall–Kier alpha value is -3.07. The van der Waals surface area contributed by atoms with E-state index in [0.717, 1.165) is 0 Å². The number of fused-ring (bicyclic) bond motifs is 1. The summed E-state index contributed by atoms with van der Waals surface area (Å²) in [6.45, 7) is 2.53. The van der Waals surface area contributed by atoms with Crippen LogP contribution in [0.1, 0.15) is 18.9 Å². The molecule has 1 aliphatic rings. The SMILES string of the molecule is CCOc1ccc(NC(=O)CCN=C2NS(=O)(=O)c3ccccc32)cc1OC. The van der Waals surface area contributed by atoms with E-state index in [9.17, 15) is 13.2 Å². The average molecular weight is 403 g/mol. The summed E-state index contributed by atoms with van der Waals surface area (Å²) in [7, 11) is -2.05. The molecule has 8 nitrogen and oxygen atoms in total. The molecular formula is C19H21N3O5S. The first-order valence-electron chi connectivity index (χ1n) is 8.72. The predicted octanol–water partition coefficient (Wildman–Crippen LogP) is 2.16. The zero-order valence-electron chi connectivity index (χ0n) is 15.6. The third-order valence-electron chi connectivity index (χ3n) is 4.02. The lowest BCUT2D eigenvalue weighted by molar-refractivity contribution is -0.116. The maximum atomic E-state index is 12.2. The molecule has 0 bridgehead atoms. The number of anilines is 1. The topological polar surface area (TPSA) is 106 Å². The van der Waals surface area contributed by atoms with Gasteiger partial charge in [-0.2, -0.15) is 0 Å². The summed E-state index contributed by atoms with van der Waals surface area (Å²) < 4.78 is 37.2. The number of ether oxygens (including phenoxy) is 2. The smallest absolute Gasteiger partial charge is 0.263 e. The number of hydrogen-bond donors (Lipinski definition) is 2. The van der Waals surface area contributed by atoms with E-state index >= 15 is 0 Å². The minimum Gasteiger partial charge on any atom is -0.493 e. The Morgan fingerprint density at radius 2 is 1.96 bits per heavy atom. The summed E-state index contributed by atoms with van der Waals surface area (Å²) in [5.41, 5.74) is 1.09. The van der Waals surface area contributed by atoms with E-state index in [1.165, 1.54) is 13.2 Å². The van der Waals surface area contributed by atoms with Gasteiger partial charge in [0.1, 0.15) is 5.84 Å². The number of methoxy groups -OCH3 is 1. The van der Waals surface area contributed by atoms with Crippen molar-refractivity contribution in [3.63, 3.8) is 0 Å². The van der Waals surface area contributed by atoms with Crippen LogP contribution in [0, 0.1) is 0 Å². The van der Waals surface area contributed by atoms with E-state index in [2.05, 4.69) is 15.0 Å². The highest BCUT2D eigenvalue weighted by Crippen LogP contribution is 2.30. The highest BCUT2D eigenvalue weighted by molar-refractivity contribution is 7.90. The van der Waals surface area contributed by atoms with Crippen molar-refractivity contribution >= 4 is 27.5 Å². The fraction of sp³-hybridized carbons (Fsp3) is 0.263. The molecule has 2 aromatic carbocycles. The van der Waals surface area contributed by atoms with Gasteiger partial charge in [0.15, 0.2) is 11.5 Å². The van der Waals surface area contributed by atoms with Crippen LogP contribution in [0.3, 0.4) is 0 Å². The summed E-state index contributed by atoms with van der Waals surface area (Å²) in [5.74, 6) is 1.13. The van der Waals surface area contributed by atoms with Crippen molar-refractivity contribution in [2.45, 2.75) is 18.2 Å². The standard InChI is InChI=1S/C19H21N3O5S/c1-3-27-15-9-8-13(12-16(15)26-2)21-18(23)10-11-20-19-14-6-4-5-7-17(14)28(24,25)22-19/h4-9,12H,3,10-11H2,1-2H3,(H,20,22)(H,21,23). The molecule has 0 fully saturated rings. The zero-order valence-corrected chi connectivity index (χ0v) is 16.4. The number of hydrogen-bond acceptors (Lipinski definition) is 6. The molecule has 0 atom stereocenters. The monoisotopic (exact) mass is 403 g/mol. The molecule has 1 heterocycles. The molecule has 0 radical (unpaired) electrons.